The van der Waals surface area contributed by atoms with Gasteiger partial charge >= 0.3 is 0 Å². The lowest BCUT2D eigenvalue weighted by Gasteiger charge is -2.09. The van der Waals surface area contributed by atoms with Gasteiger partial charge in [0.1, 0.15) is 24.1 Å². The Morgan fingerprint density at radius 1 is 1.45 bits per heavy atom. The number of halogens is 2. The van der Waals surface area contributed by atoms with Crippen LogP contribution in [0.15, 0.2) is 30.9 Å². The maximum absolute atomic E-state index is 9.00. The number of ether oxygens (including phenoxy) is 1. The predicted octanol–water partition coefficient (Wildman–Crippen LogP) is 3.22. The Hall–Kier alpha value is -2.03. The Labute approximate surface area is 126 Å². The molecule has 1 aromatic carbocycles. The van der Waals surface area contributed by atoms with E-state index in [0.29, 0.717) is 28.0 Å². The fraction of sp³-hybridized carbons (Fsp3) is 0.154. The summed E-state index contributed by atoms with van der Waals surface area (Å²) >= 11 is 11.8. The highest BCUT2D eigenvalue weighted by molar-refractivity contribution is 6.35. The molecule has 0 aliphatic heterocycles. The van der Waals surface area contributed by atoms with Gasteiger partial charge < -0.3 is 4.74 Å². The second kappa shape index (κ2) is 6.42. The van der Waals surface area contributed by atoms with E-state index in [4.69, 9.17) is 33.2 Å². The van der Waals surface area contributed by atoms with Crippen molar-refractivity contribution in [1.82, 2.24) is 15.0 Å². The van der Waals surface area contributed by atoms with Crippen LogP contribution in [0.3, 0.4) is 0 Å². The highest BCUT2D eigenvalue weighted by Gasteiger charge is 2.13. The first kappa shape index (κ1) is 14.4. The monoisotopic (exact) mass is 308 g/mol. The minimum atomic E-state index is 0.130. The molecule has 102 valence electrons. The van der Waals surface area contributed by atoms with Gasteiger partial charge in [-0.3, -0.25) is 0 Å². The first-order chi connectivity index (χ1) is 9.65. The molecular formula is C13H10Cl2N4O. The predicted molar refractivity (Wildman–Crippen MR) is 75.7 cm³/mol. The van der Waals surface area contributed by atoms with Crippen molar-refractivity contribution in [1.29, 1.82) is 5.26 Å². The van der Waals surface area contributed by atoms with Gasteiger partial charge in [-0.05, 0) is 18.2 Å². The summed E-state index contributed by atoms with van der Waals surface area (Å²) in [4.78, 5) is 0. The molecule has 0 saturated heterocycles. The molecule has 5 nitrogen and oxygen atoms in total. The molecule has 20 heavy (non-hydrogen) atoms. The first-order valence-electron chi connectivity index (χ1n) is 5.67. The van der Waals surface area contributed by atoms with Crippen LogP contribution in [-0.4, -0.2) is 15.0 Å². The molecule has 1 heterocycles. The van der Waals surface area contributed by atoms with E-state index in [9.17, 15) is 0 Å². The number of hydrogen-bond donors (Lipinski definition) is 0. The zero-order valence-corrected chi connectivity index (χ0v) is 11.9. The average molecular weight is 309 g/mol. The van der Waals surface area contributed by atoms with E-state index in [0.717, 1.165) is 0 Å². The van der Waals surface area contributed by atoms with Crippen molar-refractivity contribution in [2.24, 2.45) is 0 Å². The van der Waals surface area contributed by atoms with Crippen LogP contribution in [0.2, 0.25) is 10.0 Å². The summed E-state index contributed by atoms with van der Waals surface area (Å²) in [5.74, 6) is 0.478. The molecule has 0 aliphatic rings. The summed E-state index contributed by atoms with van der Waals surface area (Å²) in [6, 6.07) is 6.90. The Balaban J connectivity index is 2.20. The number of benzene rings is 1. The van der Waals surface area contributed by atoms with Gasteiger partial charge in [-0.15, -0.1) is 11.7 Å². The molecule has 0 saturated carbocycles. The highest BCUT2D eigenvalue weighted by Crippen LogP contribution is 2.28. The molecule has 0 bridgehead atoms. The number of aromatic nitrogens is 3. The van der Waals surface area contributed by atoms with E-state index < -0.39 is 0 Å². The summed E-state index contributed by atoms with van der Waals surface area (Å²) < 4.78 is 7.14. The third-order valence-electron chi connectivity index (χ3n) is 2.50. The second-order valence-electron chi connectivity index (χ2n) is 3.83. The standard InChI is InChI=1S/C13H10Cl2N4O/c1-2-5-19-12(11(7-16)17-18-19)8-20-13-4-3-9(14)6-10(13)15/h2-4,6H,1,5,8H2. The summed E-state index contributed by atoms with van der Waals surface area (Å²) in [5.41, 5.74) is 0.787. The summed E-state index contributed by atoms with van der Waals surface area (Å²) in [6.07, 6.45) is 1.66. The van der Waals surface area contributed by atoms with Gasteiger partial charge in [0.15, 0.2) is 5.69 Å². The van der Waals surface area contributed by atoms with E-state index in [2.05, 4.69) is 16.9 Å². The van der Waals surface area contributed by atoms with E-state index in [1.807, 2.05) is 6.07 Å². The van der Waals surface area contributed by atoms with Crippen molar-refractivity contribution in [3.05, 3.63) is 52.3 Å². The topological polar surface area (TPSA) is 63.7 Å². The molecule has 0 fully saturated rings. The molecule has 7 heteroatoms. The largest absolute Gasteiger partial charge is 0.486 e. The number of allylic oxidation sites excluding steroid dienone is 1. The van der Waals surface area contributed by atoms with Crippen molar-refractivity contribution in [3.8, 4) is 11.8 Å². The molecule has 2 rings (SSSR count). The lowest BCUT2D eigenvalue weighted by molar-refractivity contribution is 0.293. The normalized spacial score (nSPS) is 10.1. The number of rotatable bonds is 5. The van der Waals surface area contributed by atoms with Crippen LogP contribution in [0.5, 0.6) is 5.75 Å². The zero-order valence-electron chi connectivity index (χ0n) is 10.4. The van der Waals surface area contributed by atoms with Crippen molar-refractivity contribution in [2.45, 2.75) is 13.2 Å². The number of hydrogen-bond acceptors (Lipinski definition) is 4. The van der Waals surface area contributed by atoms with Crippen LogP contribution in [-0.2, 0) is 13.2 Å². The first-order valence-corrected chi connectivity index (χ1v) is 6.42. The third-order valence-corrected chi connectivity index (χ3v) is 3.03. The van der Waals surface area contributed by atoms with Crippen LogP contribution < -0.4 is 4.74 Å². The summed E-state index contributed by atoms with van der Waals surface area (Å²) in [6.45, 7) is 4.20. The molecule has 0 unspecified atom stereocenters. The second-order valence-corrected chi connectivity index (χ2v) is 4.67. The van der Waals surface area contributed by atoms with Crippen LogP contribution in [0.25, 0.3) is 0 Å². The molecule has 0 amide bonds. The van der Waals surface area contributed by atoms with Crippen molar-refractivity contribution >= 4 is 23.2 Å². The SMILES string of the molecule is C=CCn1nnc(C#N)c1COc1ccc(Cl)cc1Cl. The van der Waals surface area contributed by atoms with E-state index in [1.165, 1.54) is 0 Å². The smallest absolute Gasteiger partial charge is 0.189 e. The molecule has 0 atom stereocenters. The lowest BCUT2D eigenvalue weighted by Crippen LogP contribution is -2.08. The molecule has 2 aromatic rings. The maximum atomic E-state index is 9.00. The summed E-state index contributed by atoms with van der Waals surface area (Å²) in [7, 11) is 0. The van der Waals surface area contributed by atoms with Gasteiger partial charge in [0.05, 0.1) is 11.6 Å². The molecule has 1 aromatic heterocycles. The number of nitrogens with zero attached hydrogens (tertiary/aromatic N) is 4. The Bertz CT molecular complexity index is 675. The maximum Gasteiger partial charge on any atom is 0.189 e. The Morgan fingerprint density at radius 2 is 2.25 bits per heavy atom. The molecule has 0 radical (unpaired) electrons. The number of nitriles is 1. The van der Waals surface area contributed by atoms with Gasteiger partial charge in [0.25, 0.3) is 0 Å². The Kier molecular flexibility index (Phi) is 4.61. The molecular weight excluding hydrogens is 299 g/mol. The van der Waals surface area contributed by atoms with Gasteiger partial charge in [-0.1, -0.05) is 34.5 Å². The third kappa shape index (κ3) is 3.10. The lowest BCUT2D eigenvalue weighted by atomic mass is 10.3. The van der Waals surface area contributed by atoms with E-state index >= 15 is 0 Å². The van der Waals surface area contributed by atoms with Crippen molar-refractivity contribution in [3.63, 3.8) is 0 Å². The minimum Gasteiger partial charge on any atom is -0.486 e. The Morgan fingerprint density at radius 3 is 2.90 bits per heavy atom. The molecule has 0 spiro atoms. The van der Waals surface area contributed by atoms with Crippen LogP contribution in [0.4, 0.5) is 0 Å². The fourth-order valence-electron chi connectivity index (χ4n) is 1.57. The van der Waals surface area contributed by atoms with E-state index in [-0.39, 0.29) is 12.3 Å². The molecule has 0 aliphatic carbocycles. The summed E-state index contributed by atoms with van der Waals surface area (Å²) in [5, 5.41) is 17.6. The van der Waals surface area contributed by atoms with Crippen molar-refractivity contribution in [2.75, 3.05) is 0 Å². The van der Waals surface area contributed by atoms with Gasteiger partial charge in [-0.2, -0.15) is 5.26 Å². The van der Waals surface area contributed by atoms with Crippen molar-refractivity contribution < 1.29 is 4.74 Å². The molecule has 0 N–H and O–H groups in total. The zero-order chi connectivity index (χ0) is 14.5. The fourth-order valence-corrected chi connectivity index (χ4v) is 2.03. The van der Waals surface area contributed by atoms with Crippen LogP contribution in [0, 0.1) is 11.3 Å². The quantitative estimate of drug-likeness (QED) is 0.796. The highest BCUT2D eigenvalue weighted by atomic mass is 35.5. The van der Waals surface area contributed by atoms with E-state index in [1.54, 1.807) is 29.0 Å². The van der Waals surface area contributed by atoms with Gasteiger partial charge in [-0.25, -0.2) is 4.68 Å². The van der Waals surface area contributed by atoms with Crippen LogP contribution in [0.1, 0.15) is 11.4 Å². The minimum absolute atomic E-state index is 0.130. The van der Waals surface area contributed by atoms with Gasteiger partial charge in [0.2, 0.25) is 0 Å². The van der Waals surface area contributed by atoms with Crippen LogP contribution >= 0.6 is 23.2 Å². The van der Waals surface area contributed by atoms with Gasteiger partial charge in [0, 0.05) is 5.02 Å². The average Bonchev–Trinajstić information content (AvgIpc) is 2.80.